The molecule has 3 aliphatic rings. The van der Waals surface area contributed by atoms with Gasteiger partial charge in [0.1, 0.15) is 16.9 Å². The maximum absolute atomic E-state index is 14.0. The number of ketones is 1. The number of aryl methyl sites for hydroxylation is 1. The van der Waals surface area contributed by atoms with Gasteiger partial charge in [-0.3, -0.25) is 9.69 Å². The zero-order valence-corrected chi connectivity index (χ0v) is 24.5. The van der Waals surface area contributed by atoms with E-state index in [-0.39, 0.29) is 22.6 Å². The van der Waals surface area contributed by atoms with Crippen molar-refractivity contribution in [3.8, 4) is 29.4 Å². The summed E-state index contributed by atoms with van der Waals surface area (Å²) in [6.45, 7) is 4.13. The highest BCUT2D eigenvalue weighted by molar-refractivity contribution is 7.16. The maximum Gasteiger partial charge on any atom is 0.203 e. The van der Waals surface area contributed by atoms with E-state index < -0.39 is 5.92 Å². The first-order chi connectivity index (χ1) is 19.2. The number of fused-ring (bicyclic) bond motifs is 1. The minimum Gasteiger partial charge on any atom is -0.493 e. The van der Waals surface area contributed by atoms with Crippen LogP contribution in [0.1, 0.15) is 73.4 Å². The number of thiophene rings is 1. The van der Waals surface area contributed by atoms with Gasteiger partial charge in [0.15, 0.2) is 17.3 Å². The average molecular weight is 559 g/mol. The van der Waals surface area contributed by atoms with Crippen LogP contribution >= 0.6 is 11.3 Å². The molecule has 5 rings (SSSR count). The third-order valence-corrected chi connectivity index (χ3v) is 9.40. The Hall–Kier alpha value is -3.95. The first-order valence-electron chi connectivity index (χ1n) is 13.5. The van der Waals surface area contributed by atoms with Gasteiger partial charge >= 0.3 is 0 Å². The Kier molecular flexibility index (Phi) is 7.29. The Balaban J connectivity index is 1.79. The molecule has 0 spiro atoms. The van der Waals surface area contributed by atoms with Crippen molar-refractivity contribution < 1.29 is 19.0 Å². The quantitative estimate of drug-likeness (QED) is 0.453. The molecule has 2 aliphatic carbocycles. The minimum absolute atomic E-state index is 0.0353. The van der Waals surface area contributed by atoms with Crippen LogP contribution in [0.15, 0.2) is 34.8 Å². The first-order valence-corrected chi connectivity index (χ1v) is 14.3. The summed E-state index contributed by atoms with van der Waals surface area (Å²) in [7, 11) is 4.59. The number of nitriles is 2. The zero-order valence-electron chi connectivity index (χ0n) is 23.6. The van der Waals surface area contributed by atoms with Gasteiger partial charge in [-0.05, 0) is 60.8 Å². The largest absolute Gasteiger partial charge is 0.493 e. The van der Waals surface area contributed by atoms with E-state index in [2.05, 4.69) is 26.0 Å². The van der Waals surface area contributed by atoms with Crippen molar-refractivity contribution in [3.05, 3.63) is 56.4 Å². The molecule has 2 heterocycles. The molecule has 0 bridgehead atoms. The van der Waals surface area contributed by atoms with E-state index in [0.717, 1.165) is 43.4 Å². The second kappa shape index (κ2) is 10.6. The second-order valence-electron chi connectivity index (χ2n) is 11.3. The van der Waals surface area contributed by atoms with Crippen LogP contribution in [-0.4, -0.2) is 27.1 Å². The van der Waals surface area contributed by atoms with Gasteiger partial charge in [0.05, 0.1) is 44.5 Å². The van der Waals surface area contributed by atoms with Crippen LogP contribution in [0.5, 0.6) is 17.2 Å². The number of Topliss-reactive ketones (excluding diaryl/α,β-unsaturated/α-hetero) is 1. The predicted molar refractivity (Wildman–Crippen MR) is 153 cm³/mol. The van der Waals surface area contributed by atoms with Crippen LogP contribution in [0.25, 0.3) is 0 Å². The van der Waals surface area contributed by atoms with Gasteiger partial charge in [0, 0.05) is 22.6 Å². The highest BCUT2D eigenvalue weighted by Gasteiger charge is 2.46. The molecule has 0 amide bonds. The van der Waals surface area contributed by atoms with Gasteiger partial charge < -0.3 is 19.9 Å². The van der Waals surface area contributed by atoms with Crippen LogP contribution in [0.3, 0.4) is 0 Å². The Morgan fingerprint density at radius 2 is 1.68 bits per heavy atom. The summed E-state index contributed by atoms with van der Waals surface area (Å²) in [5, 5.41) is 21.6. The summed E-state index contributed by atoms with van der Waals surface area (Å²) >= 11 is 1.57. The third-order valence-electron chi connectivity index (χ3n) is 8.12. The lowest BCUT2D eigenvalue weighted by atomic mass is 9.68. The lowest BCUT2D eigenvalue weighted by Gasteiger charge is -2.43. The fourth-order valence-corrected chi connectivity index (χ4v) is 7.72. The van der Waals surface area contributed by atoms with Gasteiger partial charge in [-0.15, -0.1) is 11.3 Å². The van der Waals surface area contributed by atoms with Crippen molar-refractivity contribution >= 4 is 22.1 Å². The van der Waals surface area contributed by atoms with Crippen LogP contribution in [0.4, 0.5) is 5.00 Å². The fourth-order valence-electron chi connectivity index (χ4n) is 6.34. The van der Waals surface area contributed by atoms with Gasteiger partial charge in [0.2, 0.25) is 5.75 Å². The molecule has 2 N–H and O–H groups in total. The van der Waals surface area contributed by atoms with Crippen molar-refractivity contribution in [2.45, 2.75) is 64.7 Å². The fraction of sp³-hybridized carbons (Fsp3) is 0.452. The molecule has 1 aliphatic heterocycles. The molecule has 40 heavy (non-hydrogen) atoms. The number of hydrogen-bond acceptors (Lipinski definition) is 9. The predicted octanol–water partition coefficient (Wildman–Crippen LogP) is 5.86. The molecular weight excluding hydrogens is 524 g/mol. The Morgan fingerprint density at radius 1 is 1.00 bits per heavy atom. The van der Waals surface area contributed by atoms with Gasteiger partial charge in [0.25, 0.3) is 0 Å². The number of methoxy groups -OCH3 is 3. The van der Waals surface area contributed by atoms with Crippen LogP contribution < -0.4 is 24.8 Å². The number of nitrogens with two attached hydrogens (primary N) is 1. The summed E-state index contributed by atoms with van der Waals surface area (Å²) in [6, 6.07) is 8.32. The van der Waals surface area contributed by atoms with Crippen LogP contribution in [0.2, 0.25) is 0 Å². The average Bonchev–Trinajstić information content (AvgIpc) is 3.10. The number of carbonyl (C=O) groups is 1. The van der Waals surface area contributed by atoms with Gasteiger partial charge in [-0.25, -0.2) is 0 Å². The van der Waals surface area contributed by atoms with E-state index in [1.807, 2.05) is 4.90 Å². The highest BCUT2D eigenvalue weighted by atomic mass is 32.1. The topological polar surface area (TPSA) is 122 Å². The summed E-state index contributed by atoms with van der Waals surface area (Å²) in [4.78, 5) is 17.0. The molecule has 0 fully saturated rings. The molecule has 0 saturated carbocycles. The number of benzene rings is 1. The van der Waals surface area contributed by atoms with E-state index >= 15 is 0 Å². The van der Waals surface area contributed by atoms with Gasteiger partial charge in [-0.1, -0.05) is 20.3 Å². The number of carbonyl (C=O) groups excluding carboxylic acids is 1. The molecule has 0 saturated heterocycles. The zero-order chi connectivity index (χ0) is 28.8. The van der Waals surface area contributed by atoms with Crippen molar-refractivity contribution in [1.29, 1.82) is 10.5 Å². The second-order valence-corrected chi connectivity index (χ2v) is 12.4. The molecule has 1 atom stereocenters. The molecule has 0 unspecified atom stereocenters. The lowest BCUT2D eigenvalue weighted by Crippen LogP contribution is -2.42. The molecule has 1 aromatic heterocycles. The van der Waals surface area contributed by atoms with Crippen LogP contribution in [-0.2, 0) is 17.6 Å². The van der Waals surface area contributed by atoms with E-state index in [1.54, 1.807) is 23.5 Å². The summed E-state index contributed by atoms with van der Waals surface area (Å²) in [5.74, 6) is 0.775. The van der Waals surface area contributed by atoms with Gasteiger partial charge in [-0.2, -0.15) is 10.5 Å². The highest BCUT2D eigenvalue weighted by Crippen LogP contribution is 2.54. The summed E-state index contributed by atoms with van der Waals surface area (Å²) in [5.41, 5.74) is 10.5. The molecule has 2 aromatic rings. The van der Waals surface area contributed by atoms with E-state index in [4.69, 9.17) is 19.9 Å². The number of anilines is 1. The molecule has 8 nitrogen and oxygen atoms in total. The van der Waals surface area contributed by atoms with Crippen molar-refractivity contribution in [2.75, 3.05) is 26.2 Å². The Morgan fingerprint density at radius 3 is 2.27 bits per heavy atom. The number of rotatable bonds is 5. The normalized spacial score (nSPS) is 20.2. The minimum atomic E-state index is -0.711. The Labute approximate surface area is 239 Å². The molecule has 9 heteroatoms. The van der Waals surface area contributed by atoms with Crippen molar-refractivity contribution in [1.82, 2.24) is 0 Å². The standard InChI is InChI=1S/C31H34N4O4S/c1-31(2)13-21-27(22(36)14-31)26(17-11-23(37-3)28(39-5)24(12-17)38-4)20(16-33)29(34)35(21)30-19(15-32)18-9-7-6-8-10-25(18)40-30/h11-12,26H,6-10,13-14,34H2,1-5H3/t26-/m0/s1. The van der Waals surface area contributed by atoms with E-state index in [9.17, 15) is 15.3 Å². The van der Waals surface area contributed by atoms with Crippen molar-refractivity contribution in [3.63, 3.8) is 0 Å². The van der Waals surface area contributed by atoms with Crippen LogP contribution in [0, 0.1) is 28.1 Å². The maximum atomic E-state index is 14.0. The first kappa shape index (κ1) is 27.6. The molecule has 0 radical (unpaired) electrons. The molecular formula is C31H34N4O4S. The summed E-state index contributed by atoms with van der Waals surface area (Å²) in [6.07, 6.45) is 5.93. The molecule has 208 valence electrons. The smallest absolute Gasteiger partial charge is 0.203 e. The third kappa shape index (κ3) is 4.39. The number of ether oxygens (including phenoxy) is 3. The number of allylic oxidation sites excluding steroid dienone is 3. The lowest BCUT2D eigenvalue weighted by molar-refractivity contribution is -0.118. The molecule has 1 aromatic carbocycles. The summed E-state index contributed by atoms with van der Waals surface area (Å²) < 4.78 is 16.7. The van der Waals surface area contributed by atoms with Crippen molar-refractivity contribution in [2.24, 2.45) is 11.1 Å². The number of hydrogen-bond donors (Lipinski definition) is 1. The Bertz CT molecular complexity index is 1510. The monoisotopic (exact) mass is 558 g/mol. The van der Waals surface area contributed by atoms with E-state index in [0.29, 0.717) is 51.8 Å². The SMILES string of the molecule is COc1cc([C@H]2C(C#N)=C(N)N(c3sc4c(c3C#N)CCCCC4)C3=C2C(=O)CC(C)(C)C3)cc(OC)c1OC. The van der Waals surface area contributed by atoms with E-state index in [1.165, 1.54) is 26.2 Å². The number of nitrogens with zero attached hydrogens (tertiary/aromatic N) is 3.